The maximum atomic E-state index is 12.1. The lowest BCUT2D eigenvalue weighted by Gasteiger charge is -2.17. The molecule has 0 aliphatic rings. The van der Waals surface area contributed by atoms with E-state index in [0.717, 1.165) is 5.69 Å². The number of rotatable bonds is 9. The van der Waals surface area contributed by atoms with Gasteiger partial charge in [0.25, 0.3) is 0 Å². The zero-order valence-corrected chi connectivity index (χ0v) is 18.1. The van der Waals surface area contributed by atoms with Crippen molar-refractivity contribution in [2.24, 2.45) is 0 Å². The standard InChI is InChI=1S/C23H23N3O4S/c1-17(27)26(19-7-4-3-5-8-19)23-25-18(16-31-23)11-12-22(28)24-13-14-30-21-10-6-9-20(15-21)29-2/h3-12,15-16H,13-14H2,1-2H3,(H,24,28)/b12-11+. The Kier molecular flexibility index (Phi) is 7.78. The van der Waals surface area contributed by atoms with E-state index in [1.165, 1.54) is 29.2 Å². The summed E-state index contributed by atoms with van der Waals surface area (Å²) >= 11 is 1.34. The van der Waals surface area contributed by atoms with Gasteiger partial charge in [0.05, 0.1) is 25.0 Å². The van der Waals surface area contributed by atoms with Gasteiger partial charge in [-0.1, -0.05) is 24.3 Å². The number of nitrogens with zero attached hydrogens (tertiary/aromatic N) is 2. The highest BCUT2D eigenvalue weighted by Gasteiger charge is 2.17. The zero-order chi connectivity index (χ0) is 22.1. The molecule has 3 aromatic rings. The Labute approximate surface area is 184 Å². The van der Waals surface area contributed by atoms with Crippen molar-refractivity contribution in [1.29, 1.82) is 0 Å². The van der Waals surface area contributed by atoms with Gasteiger partial charge in [0.2, 0.25) is 11.8 Å². The first-order chi connectivity index (χ1) is 15.1. The highest BCUT2D eigenvalue weighted by atomic mass is 32.1. The van der Waals surface area contributed by atoms with Crippen molar-refractivity contribution in [2.45, 2.75) is 6.92 Å². The first-order valence-electron chi connectivity index (χ1n) is 9.61. The summed E-state index contributed by atoms with van der Waals surface area (Å²) in [6.07, 6.45) is 3.02. The van der Waals surface area contributed by atoms with Crippen LogP contribution in [0.5, 0.6) is 11.5 Å². The van der Waals surface area contributed by atoms with E-state index in [0.29, 0.717) is 35.5 Å². The fourth-order valence-electron chi connectivity index (χ4n) is 2.71. The lowest BCUT2D eigenvalue weighted by Crippen LogP contribution is -2.26. The van der Waals surface area contributed by atoms with Crippen molar-refractivity contribution < 1.29 is 19.1 Å². The van der Waals surface area contributed by atoms with Crippen LogP contribution in [0.2, 0.25) is 0 Å². The van der Waals surface area contributed by atoms with Gasteiger partial charge in [0.1, 0.15) is 18.1 Å². The molecule has 0 aliphatic carbocycles. The summed E-state index contributed by atoms with van der Waals surface area (Å²) in [6.45, 7) is 2.18. The summed E-state index contributed by atoms with van der Waals surface area (Å²) in [4.78, 5) is 30.1. The number of aromatic nitrogens is 1. The molecular weight excluding hydrogens is 414 g/mol. The molecule has 2 aromatic carbocycles. The topological polar surface area (TPSA) is 80.8 Å². The largest absolute Gasteiger partial charge is 0.497 e. The first-order valence-corrected chi connectivity index (χ1v) is 10.5. The van der Waals surface area contributed by atoms with Crippen LogP contribution in [0.1, 0.15) is 12.6 Å². The van der Waals surface area contributed by atoms with Crippen molar-refractivity contribution in [3.8, 4) is 11.5 Å². The van der Waals surface area contributed by atoms with E-state index in [9.17, 15) is 9.59 Å². The molecule has 0 saturated carbocycles. The van der Waals surface area contributed by atoms with Crippen LogP contribution in [0.15, 0.2) is 66.1 Å². The van der Waals surface area contributed by atoms with E-state index >= 15 is 0 Å². The van der Waals surface area contributed by atoms with Gasteiger partial charge in [-0.05, 0) is 30.3 Å². The number of nitrogens with one attached hydrogen (secondary N) is 1. The monoisotopic (exact) mass is 437 g/mol. The molecular formula is C23H23N3O4S. The molecule has 0 fully saturated rings. The Morgan fingerprint density at radius 3 is 2.65 bits per heavy atom. The number of anilines is 2. The van der Waals surface area contributed by atoms with Crippen LogP contribution >= 0.6 is 11.3 Å². The Morgan fingerprint density at radius 2 is 1.90 bits per heavy atom. The van der Waals surface area contributed by atoms with Crippen LogP contribution in [0.25, 0.3) is 6.08 Å². The second-order valence-corrected chi connectivity index (χ2v) is 7.23. The fraction of sp³-hybridized carbons (Fsp3) is 0.174. The van der Waals surface area contributed by atoms with Gasteiger partial charge in [-0.3, -0.25) is 14.5 Å². The molecule has 8 heteroatoms. The highest BCUT2D eigenvalue weighted by molar-refractivity contribution is 7.14. The van der Waals surface area contributed by atoms with Gasteiger partial charge < -0.3 is 14.8 Å². The molecule has 2 amide bonds. The first kappa shape index (κ1) is 22.0. The summed E-state index contributed by atoms with van der Waals surface area (Å²) in [6, 6.07) is 16.6. The summed E-state index contributed by atoms with van der Waals surface area (Å²) in [5.41, 5.74) is 1.35. The van der Waals surface area contributed by atoms with Crippen LogP contribution in [0.3, 0.4) is 0 Å². The molecule has 7 nitrogen and oxygen atoms in total. The quantitative estimate of drug-likeness (QED) is 0.404. The van der Waals surface area contributed by atoms with Gasteiger partial charge in [-0.15, -0.1) is 11.3 Å². The molecule has 160 valence electrons. The fourth-order valence-corrected chi connectivity index (χ4v) is 3.57. The molecule has 0 spiro atoms. The third kappa shape index (κ3) is 6.42. The SMILES string of the molecule is COc1cccc(OCCNC(=O)/C=C/c2csc(N(C(C)=O)c3ccccc3)n2)c1. The van der Waals surface area contributed by atoms with E-state index in [1.807, 2.05) is 48.5 Å². The number of carbonyl (C=O) groups excluding carboxylic acids is 2. The molecule has 1 heterocycles. The summed E-state index contributed by atoms with van der Waals surface area (Å²) in [7, 11) is 1.59. The number of benzene rings is 2. The van der Waals surface area contributed by atoms with Crippen LogP contribution in [0.4, 0.5) is 10.8 Å². The number of amides is 2. The number of para-hydroxylation sites is 1. The number of methoxy groups -OCH3 is 1. The van der Waals surface area contributed by atoms with Crippen LogP contribution in [-0.2, 0) is 9.59 Å². The summed E-state index contributed by atoms with van der Waals surface area (Å²) in [5, 5.41) is 5.10. The van der Waals surface area contributed by atoms with E-state index in [-0.39, 0.29) is 11.8 Å². The molecule has 0 aliphatic heterocycles. The summed E-state index contributed by atoms with van der Waals surface area (Å²) < 4.78 is 10.7. The predicted octanol–water partition coefficient (Wildman–Crippen LogP) is 4.04. The molecule has 0 bridgehead atoms. The molecule has 31 heavy (non-hydrogen) atoms. The van der Waals surface area contributed by atoms with E-state index in [4.69, 9.17) is 9.47 Å². The molecule has 0 saturated heterocycles. The van der Waals surface area contributed by atoms with Gasteiger partial charge in [-0.25, -0.2) is 4.98 Å². The number of carbonyl (C=O) groups is 2. The number of ether oxygens (including phenoxy) is 2. The smallest absolute Gasteiger partial charge is 0.244 e. The maximum absolute atomic E-state index is 12.1. The third-order valence-corrected chi connectivity index (χ3v) is 4.99. The molecule has 1 aromatic heterocycles. The van der Waals surface area contributed by atoms with Gasteiger partial charge in [0, 0.05) is 24.4 Å². The van der Waals surface area contributed by atoms with Gasteiger partial charge in [0.15, 0.2) is 5.13 Å². The molecule has 1 N–H and O–H groups in total. The predicted molar refractivity (Wildman–Crippen MR) is 122 cm³/mol. The van der Waals surface area contributed by atoms with Crippen molar-refractivity contribution in [1.82, 2.24) is 10.3 Å². The number of thiazole rings is 1. The van der Waals surface area contributed by atoms with Crippen LogP contribution in [-0.4, -0.2) is 37.1 Å². The minimum Gasteiger partial charge on any atom is -0.497 e. The maximum Gasteiger partial charge on any atom is 0.244 e. The van der Waals surface area contributed by atoms with Crippen molar-refractivity contribution in [3.05, 3.63) is 71.7 Å². The molecule has 0 unspecified atom stereocenters. The third-order valence-electron chi connectivity index (χ3n) is 4.15. The van der Waals surface area contributed by atoms with Crippen LogP contribution in [0, 0.1) is 0 Å². The lowest BCUT2D eigenvalue weighted by atomic mass is 10.3. The number of hydrogen-bond acceptors (Lipinski definition) is 6. The molecule has 3 rings (SSSR count). The highest BCUT2D eigenvalue weighted by Crippen LogP contribution is 2.29. The van der Waals surface area contributed by atoms with Crippen molar-refractivity contribution in [2.75, 3.05) is 25.2 Å². The lowest BCUT2D eigenvalue weighted by molar-refractivity contribution is -0.117. The average molecular weight is 438 g/mol. The Morgan fingerprint density at radius 1 is 1.13 bits per heavy atom. The van der Waals surface area contributed by atoms with Gasteiger partial charge in [-0.2, -0.15) is 0 Å². The minimum absolute atomic E-state index is 0.134. The Hall–Kier alpha value is -3.65. The van der Waals surface area contributed by atoms with E-state index < -0.39 is 0 Å². The normalized spacial score (nSPS) is 10.6. The van der Waals surface area contributed by atoms with Gasteiger partial charge >= 0.3 is 0 Å². The Bertz CT molecular complexity index is 1050. The second-order valence-electron chi connectivity index (χ2n) is 6.40. The molecule has 0 atom stereocenters. The summed E-state index contributed by atoms with van der Waals surface area (Å²) in [5.74, 6) is 0.996. The minimum atomic E-state index is -0.254. The van der Waals surface area contributed by atoms with E-state index in [2.05, 4.69) is 10.3 Å². The van der Waals surface area contributed by atoms with Crippen LogP contribution < -0.4 is 19.7 Å². The Balaban J connectivity index is 1.50. The average Bonchev–Trinajstić information content (AvgIpc) is 3.24. The molecule has 0 radical (unpaired) electrons. The van der Waals surface area contributed by atoms with E-state index in [1.54, 1.807) is 24.6 Å². The second kappa shape index (κ2) is 10.9. The van der Waals surface area contributed by atoms with Crippen molar-refractivity contribution >= 4 is 40.0 Å². The zero-order valence-electron chi connectivity index (χ0n) is 17.3. The number of hydrogen-bond donors (Lipinski definition) is 1. The van der Waals surface area contributed by atoms with Crippen molar-refractivity contribution in [3.63, 3.8) is 0 Å².